The number of amides is 1. The van der Waals surface area contributed by atoms with Crippen molar-refractivity contribution in [2.75, 3.05) is 10.7 Å². The highest BCUT2D eigenvalue weighted by atomic mass is 35.5. The molecular formula is C12H9ClF2N4O. The quantitative estimate of drug-likeness (QED) is 0.601. The molecule has 20 heavy (non-hydrogen) atoms. The number of nitrogens with one attached hydrogen (secondary N) is 2. The van der Waals surface area contributed by atoms with Crippen LogP contribution in [0.5, 0.6) is 0 Å². The third kappa shape index (κ3) is 2.84. The first kappa shape index (κ1) is 14.2. The van der Waals surface area contributed by atoms with E-state index in [0.717, 1.165) is 12.1 Å². The van der Waals surface area contributed by atoms with Crippen LogP contribution in [0, 0.1) is 11.6 Å². The number of hydrazine groups is 1. The number of halogens is 3. The predicted octanol–water partition coefficient (Wildman–Crippen LogP) is 2.55. The Morgan fingerprint density at radius 3 is 2.70 bits per heavy atom. The lowest BCUT2D eigenvalue weighted by Gasteiger charge is -2.09. The van der Waals surface area contributed by atoms with Gasteiger partial charge in [-0.25, -0.2) is 19.6 Å². The maximum absolute atomic E-state index is 13.8. The Hall–Kier alpha value is -2.25. The first-order valence-corrected chi connectivity index (χ1v) is 5.78. The summed E-state index contributed by atoms with van der Waals surface area (Å²) in [6.07, 6.45) is 1.22. The number of carbonyl (C=O) groups excluding carboxylic acids is 1. The van der Waals surface area contributed by atoms with Gasteiger partial charge in [-0.1, -0.05) is 11.6 Å². The molecule has 0 aliphatic heterocycles. The maximum Gasteiger partial charge on any atom is 0.258 e. The lowest BCUT2D eigenvalue weighted by Crippen LogP contribution is -2.17. The molecule has 4 N–H and O–H groups in total. The highest BCUT2D eigenvalue weighted by molar-refractivity contribution is 6.33. The minimum atomic E-state index is -0.897. The Morgan fingerprint density at radius 1 is 1.30 bits per heavy atom. The van der Waals surface area contributed by atoms with Gasteiger partial charge in [0.1, 0.15) is 5.82 Å². The second kappa shape index (κ2) is 5.81. The first-order valence-electron chi connectivity index (χ1n) is 5.40. The smallest absolute Gasteiger partial charge is 0.258 e. The number of nitrogens with two attached hydrogens (primary N) is 1. The molecule has 0 atom stereocenters. The molecule has 0 unspecified atom stereocenters. The monoisotopic (exact) mass is 298 g/mol. The van der Waals surface area contributed by atoms with Crippen LogP contribution in [0.4, 0.5) is 20.3 Å². The van der Waals surface area contributed by atoms with Gasteiger partial charge < -0.3 is 10.7 Å². The van der Waals surface area contributed by atoms with Crippen molar-refractivity contribution in [3.63, 3.8) is 0 Å². The number of benzene rings is 1. The zero-order valence-electron chi connectivity index (χ0n) is 9.95. The fourth-order valence-electron chi connectivity index (χ4n) is 1.50. The van der Waals surface area contributed by atoms with Crippen LogP contribution in [0.3, 0.4) is 0 Å². The van der Waals surface area contributed by atoms with Crippen molar-refractivity contribution in [1.29, 1.82) is 0 Å². The minimum Gasteiger partial charge on any atom is -0.321 e. The van der Waals surface area contributed by atoms with Crippen LogP contribution in [-0.4, -0.2) is 10.9 Å². The Kier molecular flexibility index (Phi) is 4.11. The summed E-state index contributed by atoms with van der Waals surface area (Å²) in [5, 5.41) is 2.38. The molecule has 2 rings (SSSR count). The molecule has 104 valence electrons. The first-order chi connectivity index (χ1) is 9.52. The van der Waals surface area contributed by atoms with Crippen molar-refractivity contribution >= 4 is 29.0 Å². The Bertz CT molecular complexity index is 666. The number of rotatable bonds is 3. The van der Waals surface area contributed by atoms with Crippen molar-refractivity contribution < 1.29 is 13.6 Å². The predicted molar refractivity (Wildman–Crippen MR) is 71.4 cm³/mol. The molecule has 5 nitrogen and oxygen atoms in total. The largest absolute Gasteiger partial charge is 0.321 e. The molecule has 1 amide bonds. The molecule has 0 bridgehead atoms. The van der Waals surface area contributed by atoms with Crippen molar-refractivity contribution in [2.45, 2.75) is 0 Å². The van der Waals surface area contributed by atoms with Crippen LogP contribution < -0.4 is 16.6 Å². The third-order valence-electron chi connectivity index (χ3n) is 2.45. The summed E-state index contributed by atoms with van der Waals surface area (Å²) in [7, 11) is 0. The number of aromatic nitrogens is 1. The number of anilines is 2. The van der Waals surface area contributed by atoms with Gasteiger partial charge in [0, 0.05) is 6.20 Å². The topological polar surface area (TPSA) is 80.0 Å². The van der Waals surface area contributed by atoms with E-state index in [0.29, 0.717) is 0 Å². The zero-order chi connectivity index (χ0) is 14.7. The molecule has 0 saturated heterocycles. The van der Waals surface area contributed by atoms with E-state index in [4.69, 9.17) is 17.4 Å². The van der Waals surface area contributed by atoms with E-state index in [1.807, 2.05) is 5.43 Å². The van der Waals surface area contributed by atoms with E-state index >= 15 is 0 Å². The van der Waals surface area contributed by atoms with Gasteiger partial charge in [0.2, 0.25) is 0 Å². The Labute approximate surface area is 117 Å². The minimum absolute atomic E-state index is 0.00462. The fraction of sp³-hybridized carbons (Fsp3) is 0. The van der Waals surface area contributed by atoms with Gasteiger partial charge in [-0.05, 0) is 24.3 Å². The molecular weight excluding hydrogens is 290 g/mol. The van der Waals surface area contributed by atoms with E-state index in [9.17, 15) is 13.6 Å². The van der Waals surface area contributed by atoms with E-state index < -0.39 is 17.5 Å². The molecule has 1 aromatic heterocycles. The lowest BCUT2D eigenvalue weighted by molar-refractivity contribution is 0.102. The highest BCUT2D eigenvalue weighted by Crippen LogP contribution is 2.24. The van der Waals surface area contributed by atoms with Crippen molar-refractivity contribution in [3.05, 3.63) is 52.7 Å². The van der Waals surface area contributed by atoms with Crippen LogP contribution in [-0.2, 0) is 0 Å². The molecule has 0 fully saturated rings. The van der Waals surface area contributed by atoms with Crippen LogP contribution in [0.1, 0.15) is 10.4 Å². The Balaban J connectivity index is 2.28. The van der Waals surface area contributed by atoms with Gasteiger partial charge in [0.05, 0.1) is 16.3 Å². The van der Waals surface area contributed by atoms with Gasteiger partial charge in [-0.15, -0.1) is 0 Å². The summed E-state index contributed by atoms with van der Waals surface area (Å²) < 4.78 is 26.7. The molecule has 8 heteroatoms. The second-order valence-corrected chi connectivity index (χ2v) is 4.15. The number of pyridine rings is 1. The molecule has 0 radical (unpaired) electrons. The van der Waals surface area contributed by atoms with Gasteiger partial charge in [-0.3, -0.25) is 4.79 Å². The van der Waals surface area contributed by atoms with Crippen LogP contribution in [0.2, 0.25) is 5.02 Å². The lowest BCUT2D eigenvalue weighted by atomic mass is 10.2. The van der Waals surface area contributed by atoms with Gasteiger partial charge >= 0.3 is 0 Å². The van der Waals surface area contributed by atoms with Crippen LogP contribution >= 0.6 is 11.6 Å². The van der Waals surface area contributed by atoms with Crippen LogP contribution in [0.25, 0.3) is 0 Å². The van der Waals surface area contributed by atoms with E-state index in [-0.39, 0.29) is 22.1 Å². The molecule has 0 aliphatic rings. The van der Waals surface area contributed by atoms with Crippen molar-refractivity contribution in [3.8, 4) is 0 Å². The van der Waals surface area contributed by atoms with Crippen molar-refractivity contribution in [1.82, 2.24) is 4.98 Å². The summed E-state index contributed by atoms with van der Waals surface area (Å²) in [6, 6.07) is 4.61. The standard InChI is InChI=1S/C12H9ClF2N4O/c13-8-5-6(14)1-2-9(8)18-12(20)7-3-4-17-11(19-16)10(7)15/h1-5H,16H2,(H,17,19)(H,18,20). The fourth-order valence-corrected chi connectivity index (χ4v) is 1.71. The SMILES string of the molecule is NNc1nccc(C(=O)Nc2ccc(F)cc2Cl)c1F. The van der Waals surface area contributed by atoms with Crippen LogP contribution in [0.15, 0.2) is 30.5 Å². The summed E-state index contributed by atoms with van der Waals surface area (Å²) in [5.74, 6) is 2.61. The summed E-state index contributed by atoms with van der Waals surface area (Å²) in [4.78, 5) is 15.5. The number of hydrogen-bond donors (Lipinski definition) is 3. The molecule has 0 aliphatic carbocycles. The molecule has 1 heterocycles. The summed E-state index contributed by atoms with van der Waals surface area (Å²) in [6.45, 7) is 0. The number of carbonyl (C=O) groups is 1. The number of nitrogens with zero attached hydrogens (tertiary/aromatic N) is 1. The molecule has 1 aromatic carbocycles. The van der Waals surface area contributed by atoms with Crippen molar-refractivity contribution in [2.24, 2.45) is 5.84 Å². The van der Waals surface area contributed by atoms with Gasteiger partial charge in [-0.2, -0.15) is 0 Å². The molecule has 0 spiro atoms. The van der Waals surface area contributed by atoms with Gasteiger partial charge in [0.15, 0.2) is 11.6 Å². The van der Waals surface area contributed by atoms with E-state index in [1.54, 1.807) is 0 Å². The summed E-state index contributed by atoms with van der Waals surface area (Å²) in [5.41, 5.74) is 1.92. The van der Waals surface area contributed by atoms with E-state index in [1.165, 1.54) is 18.3 Å². The third-order valence-corrected chi connectivity index (χ3v) is 2.76. The highest BCUT2D eigenvalue weighted by Gasteiger charge is 2.16. The van der Waals surface area contributed by atoms with E-state index in [2.05, 4.69) is 10.3 Å². The average Bonchev–Trinajstić information content (AvgIpc) is 2.42. The zero-order valence-corrected chi connectivity index (χ0v) is 10.7. The number of nitrogen functional groups attached to an aromatic ring is 1. The maximum atomic E-state index is 13.8. The molecule has 0 saturated carbocycles. The molecule has 2 aromatic rings. The van der Waals surface area contributed by atoms with Gasteiger partial charge in [0.25, 0.3) is 5.91 Å². The normalized spacial score (nSPS) is 10.2. The Morgan fingerprint density at radius 2 is 2.05 bits per heavy atom. The summed E-state index contributed by atoms with van der Waals surface area (Å²) >= 11 is 5.77. The average molecular weight is 299 g/mol. The second-order valence-electron chi connectivity index (χ2n) is 3.74. The number of hydrogen-bond acceptors (Lipinski definition) is 4.